The molecule has 2 aliphatic rings. The molecule has 2 unspecified atom stereocenters. The van der Waals surface area contributed by atoms with Gasteiger partial charge in [0.2, 0.25) is 0 Å². The number of fused-ring (bicyclic) bond motifs is 1. The van der Waals surface area contributed by atoms with Crippen LogP contribution in [0.25, 0.3) is 0 Å². The fourth-order valence-electron chi connectivity index (χ4n) is 3.67. The smallest absolute Gasteiger partial charge is 0.410 e. The summed E-state index contributed by atoms with van der Waals surface area (Å²) in [6.45, 7) is 10.1. The average molecular weight is 377 g/mol. The number of piperazine rings is 1. The Hall–Kier alpha value is -1.67. The molecule has 2 N–H and O–H groups in total. The topological polar surface area (TPSA) is 76.5 Å². The zero-order valence-corrected chi connectivity index (χ0v) is 16.5. The molecule has 1 saturated heterocycles. The maximum Gasteiger partial charge on any atom is 0.410 e. The van der Waals surface area contributed by atoms with Gasteiger partial charge in [-0.3, -0.25) is 4.90 Å². The van der Waals surface area contributed by atoms with Crippen molar-refractivity contribution in [2.24, 2.45) is 0 Å². The first-order chi connectivity index (χ1) is 12.8. The Labute approximate surface area is 161 Å². The molecular formula is C20H31N3O4. The van der Waals surface area contributed by atoms with Gasteiger partial charge in [-0.2, -0.15) is 0 Å². The third-order valence-electron chi connectivity index (χ3n) is 5.10. The minimum absolute atomic E-state index is 0.247. The second-order valence-corrected chi connectivity index (χ2v) is 8.28. The lowest BCUT2D eigenvalue weighted by atomic mass is 10.1. The van der Waals surface area contributed by atoms with Crippen LogP contribution in [0.1, 0.15) is 50.8 Å². The van der Waals surface area contributed by atoms with Crippen molar-refractivity contribution in [1.82, 2.24) is 14.7 Å². The van der Waals surface area contributed by atoms with Crippen LogP contribution in [0.3, 0.4) is 0 Å². The lowest BCUT2D eigenvalue weighted by Gasteiger charge is -2.36. The van der Waals surface area contributed by atoms with Gasteiger partial charge in [0.05, 0.1) is 0 Å². The van der Waals surface area contributed by atoms with Crippen LogP contribution in [0.5, 0.6) is 0 Å². The van der Waals surface area contributed by atoms with Crippen molar-refractivity contribution in [2.45, 2.75) is 45.2 Å². The van der Waals surface area contributed by atoms with Gasteiger partial charge in [-0.15, -0.1) is 0 Å². The van der Waals surface area contributed by atoms with E-state index in [1.165, 1.54) is 0 Å². The molecule has 2 atom stereocenters. The molecule has 1 aromatic carbocycles. The first kappa shape index (κ1) is 20.1. The highest BCUT2D eigenvalue weighted by Crippen LogP contribution is 2.38. The molecule has 1 amide bonds. The molecule has 7 heteroatoms. The van der Waals surface area contributed by atoms with E-state index in [1.807, 2.05) is 45.0 Å². The van der Waals surface area contributed by atoms with Crippen LogP contribution in [-0.2, 0) is 4.74 Å². The summed E-state index contributed by atoms with van der Waals surface area (Å²) in [6.07, 6.45) is -0.905. The highest BCUT2D eigenvalue weighted by Gasteiger charge is 2.35. The number of nitrogens with zero attached hydrogens (tertiary/aromatic N) is 3. The molecule has 150 valence electrons. The van der Waals surface area contributed by atoms with Crippen LogP contribution in [0, 0.1) is 0 Å². The molecule has 27 heavy (non-hydrogen) atoms. The Morgan fingerprint density at radius 2 is 1.59 bits per heavy atom. The third-order valence-corrected chi connectivity index (χ3v) is 5.10. The van der Waals surface area contributed by atoms with Crippen LogP contribution in [0.15, 0.2) is 24.3 Å². The lowest BCUT2D eigenvalue weighted by molar-refractivity contribution is -0.0856. The number of carbonyl (C=O) groups is 1. The summed E-state index contributed by atoms with van der Waals surface area (Å²) >= 11 is 0. The van der Waals surface area contributed by atoms with E-state index >= 15 is 0 Å². The van der Waals surface area contributed by atoms with E-state index in [0.29, 0.717) is 19.6 Å². The first-order valence-electron chi connectivity index (χ1n) is 9.67. The van der Waals surface area contributed by atoms with E-state index in [-0.39, 0.29) is 6.09 Å². The van der Waals surface area contributed by atoms with Crippen molar-refractivity contribution < 1.29 is 19.7 Å². The quantitative estimate of drug-likeness (QED) is 0.835. The van der Waals surface area contributed by atoms with Gasteiger partial charge in [0, 0.05) is 43.9 Å². The van der Waals surface area contributed by atoms with Gasteiger partial charge in [-0.05, 0) is 33.7 Å². The second-order valence-electron chi connectivity index (χ2n) is 8.28. The predicted molar refractivity (Wildman–Crippen MR) is 102 cm³/mol. The van der Waals surface area contributed by atoms with Crippen LogP contribution in [0.4, 0.5) is 4.79 Å². The molecule has 0 spiro atoms. The van der Waals surface area contributed by atoms with Gasteiger partial charge in [-0.1, -0.05) is 24.3 Å². The summed E-state index contributed by atoms with van der Waals surface area (Å²) in [7, 11) is 0. The van der Waals surface area contributed by atoms with Crippen molar-refractivity contribution in [2.75, 3.05) is 39.3 Å². The summed E-state index contributed by atoms with van der Waals surface area (Å²) in [5.41, 5.74) is 1.11. The number of ether oxygens (including phenoxy) is 1. The normalized spacial score (nSPS) is 24.1. The Kier molecular flexibility index (Phi) is 6.05. The highest BCUT2D eigenvalue weighted by atomic mass is 16.6. The molecule has 0 bridgehead atoms. The minimum atomic E-state index is -0.750. The molecule has 3 rings (SSSR count). The number of amides is 1. The highest BCUT2D eigenvalue weighted by molar-refractivity contribution is 5.68. The van der Waals surface area contributed by atoms with Crippen LogP contribution in [-0.4, -0.2) is 75.9 Å². The molecular weight excluding hydrogens is 346 g/mol. The molecule has 0 aliphatic carbocycles. The molecule has 1 fully saturated rings. The molecule has 1 aromatic rings. The number of aliphatic hydroxyl groups excluding tert-OH is 2. The predicted octanol–water partition coefficient (Wildman–Crippen LogP) is 1.93. The van der Waals surface area contributed by atoms with Gasteiger partial charge >= 0.3 is 6.09 Å². The SMILES string of the molecule is CC(C)(C)OC(=O)N1CCN(CCCN2C(O)c3ccccc3C2O)CC1. The summed E-state index contributed by atoms with van der Waals surface area (Å²) in [5, 5.41) is 20.9. The summed E-state index contributed by atoms with van der Waals surface area (Å²) < 4.78 is 5.42. The molecule has 2 aliphatic heterocycles. The zero-order chi connectivity index (χ0) is 19.6. The summed E-state index contributed by atoms with van der Waals surface area (Å²) in [5.74, 6) is 0. The molecule has 0 saturated carbocycles. The molecule has 0 radical (unpaired) electrons. The van der Waals surface area contributed by atoms with Gasteiger partial charge in [0.15, 0.2) is 0 Å². The van der Waals surface area contributed by atoms with E-state index in [0.717, 1.165) is 37.2 Å². The standard InChI is InChI=1S/C20H31N3O4/c1-20(2,3)27-19(26)22-13-11-21(12-14-22)9-6-10-23-17(24)15-7-4-5-8-16(15)18(23)25/h4-5,7-8,17-18,24-25H,6,9-14H2,1-3H3. The van der Waals surface area contributed by atoms with Gasteiger partial charge in [-0.25, -0.2) is 9.69 Å². The number of benzene rings is 1. The number of carbonyl (C=O) groups excluding carboxylic acids is 1. The van der Waals surface area contributed by atoms with Crippen LogP contribution >= 0.6 is 0 Å². The van der Waals surface area contributed by atoms with E-state index in [4.69, 9.17) is 4.74 Å². The fraction of sp³-hybridized carbons (Fsp3) is 0.650. The maximum absolute atomic E-state index is 12.1. The average Bonchev–Trinajstić information content (AvgIpc) is 2.86. The summed E-state index contributed by atoms with van der Waals surface area (Å²) in [4.78, 5) is 17.9. The van der Waals surface area contributed by atoms with E-state index in [2.05, 4.69) is 4.90 Å². The lowest BCUT2D eigenvalue weighted by Crippen LogP contribution is -2.50. The number of hydrogen-bond acceptors (Lipinski definition) is 6. The van der Waals surface area contributed by atoms with Gasteiger partial charge in [0.1, 0.15) is 18.1 Å². The van der Waals surface area contributed by atoms with Gasteiger partial charge in [0.25, 0.3) is 0 Å². The molecule has 2 heterocycles. The Bertz CT molecular complexity index is 624. The fourth-order valence-corrected chi connectivity index (χ4v) is 3.67. The molecule has 7 nitrogen and oxygen atoms in total. The van der Waals surface area contributed by atoms with Crippen molar-refractivity contribution in [3.05, 3.63) is 35.4 Å². The monoisotopic (exact) mass is 377 g/mol. The van der Waals surface area contributed by atoms with Crippen LogP contribution < -0.4 is 0 Å². The number of aliphatic hydroxyl groups is 2. The number of hydrogen-bond donors (Lipinski definition) is 2. The Balaban J connectivity index is 1.41. The largest absolute Gasteiger partial charge is 0.444 e. The Morgan fingerprint density at radius 1 is 1.04 bits per heavy atom. The van der Waals surface area contributed by atoms with Crippen molar-refractivity contribution in [1.29, 1.82) is 0 Å². The minimum Gasteiger partial charge on any atom is -0.444 e. The first-order valence-corrected chi connectivity index (χ1v) is 9.67. The summed E-state index contributed by atoms with van der Waals surface area (Å²) in [6, 6.07) is 7.48. The van der Waals surface area contributed by atoms with Crippen molar-refractivity contribution >= 4 is 6.09 Å². The van der Waals surface area contributed by atoms with E-state index in [1.54, 1.807) is 9.80 Å². The van der Waals surface area contributed by atoms with E-state index in [9.17, 15) is 15.0 Å². The van der Waals surface area contributed by atoms with Gasteiger partial charge < -0.3 is 19.8 Å². The zero-order valence-electron chi connectivity index (χ0n) is 16.5. The van der Waals surface area contributed by atoms with Crippen molar-refractivity contribution in [3.8, 4) is 0 Å². The van der Waals surface area contributed by atoms with E-state index < -0.39 is 18.1 Å². The second kappa shape index (κ2) is 8.14. The Morgan fingerprint density at radius 3 is 2.11 bits per heavy atom. The third kappa shape index (κ3) is 4.79. The molecule has 0 aromatic heterocycles. The van der Waals surface area contributed by atoms with Crippen LogP contribution in [0.2, 0.25) is 0 Å². The van der Waals surface area contributed by atoms with Crippen molar-refractivity contribution in [3.63, 3.8) is 0 Å². The maximum atomic E-state index is 12.1. The number of rotatable bonds is 4.